The first-order valence-corrected chi connectivity index (χ1v) is 10.4. The topological polar surface area (TPSA) is 102 Å². The maximum atomic E-state index is 11.6. The van der Waals surface area contributed by atoms with Crippen molar-refractivity contribution in [2.24, 2.45) is 10.7 Å². The van der Waals surface area contributed by atoms with Crippen LogP contribution in [0, 0.1) is 0 Å². The fourth-order valence-electron chi connectivity index (χ4n) is 2.86. The minimum atomic E-state index is -3.13. The zero-order valence-electron chi connectivity index (χ0n) is 14.3. The molecule has 0 amide bonds. The number of hydrogen-bond donors (Lipinski definition) is 1. The summed E-state index contributed by atoms with van der Waals surface area (Å²) < 4.78 is 24.6. The van der Waals surface area contributed by atoms with Gasteiger partial charge < -0.3 is 5.73 Å². The Morgan fingerprint density at radius 2 is 2.08 bits per heavy atom. The van der Waals surface area contributed by atoms with E-state index in [1.54, 1.807) is 18.5 Å². The Morgan fingerprint density at radius 3 is 2.73 bits per heavy atom. The number of aliphatic imine (C=N–C) groups is 1. The highest BCUT2D eigenvalue weighted by Crippen LogP contribution is 2.20. The van der Waals surface area contributed by atoms with Crippen LogP contribution in [0.25, 0.3) is 16.6 Å². The highest BCUT2D eigenvalue weighted by molar-refractivity contribution is 7.88. The zero-order chi connectivity index (χ0) is 18.7. The van der Waals surface area contributed by atoms with Gasteiger partial charge in [-0.3, -0.25) is 9.98 Å². The summed E-state index contributed by atoms with van der Waals surface area (Å²) in [4.78, 5) is 13.2. The third kappa shape index (κ3) is 4.38. The molecule has 1 aliphatic heterocycles. The number of sulfonamides is 1. The van der Waals surface area contributed by atoms with Gasteiger partial charge in [-0.2, -0.15) is 0 Å². The van der Waals surface area contributed by atoms with E-state index in [0.717, 1.165) is 16.7 Å². The van der Waals surface area contributed by atoms with Gasteiger partial charge in [-0.25, -0.2) is 17.7 Å². The van der Waals surface area contributed by atoms with Crippen LogP contribution in [-0.2, 0) is 10.0 Å². The molecule has 7 nitrogen and oxygen atoms in total. The first kappa shape index (κ1) is 18.8. The molecule has 2 aromatic rings. The van der Waals surface area contributed by atoms with Crippen molar-refractivity contribution >= 4 is 44.4 Å². The Morgan fingerprint density at radius 1 is 1.35 bits per heavy atom. The molecule has 2 N–H and O–H groups in total. The lowest BCUT2D eigenvalue weighted by Gasteiger charge is -2.28. The van der Waals surface area contributed by atoms with E-state index >= 15 is 0 Å². The van der Waals surface area contributed by atoms with Crippen LogP contribution in [0.5, 0.6) is 0 Å². The van der Waals surface area contributed by atoms with Crippen molar-refractivity contribution in [3.8, 4) is 0 Å². The Balaban J connectivity index is 1.73. The summed E-state index contributed by atoms with van der Waals surface area (Å²) >= 11 is 5.94. The Hall–Kier alpha value is -2.03. The van der Waals surface area contributed by atoms with Crippen LogP contribution >= 0.6 is 11.6 Å². The molecular weight excluding hydrogens is 374 g/mol. The number of piperidine rings is 1. The van der Waals surface area contributed by atoms with Gasteiger partial charge in [0.25, 0.3) is 0 Å². The van der Waals surface area contributed by atoms with Crippen LogP contribution in [0.1, 0.15) is 18.4 Å². The van der Waals surface area contributed by atoms with Crippen LogP contribution < -0.4 is 5.73 Å². The molecule has 0 radical (unpaired) electrons. The standard InChI is InChI=1S/C17H20ClN5O2S/c1-26(24,25)23-6-4-14(5-7-23)20-11-13(9-19)12-8-16-15(21-10-12)2-3-17(18)22-16/h2-3,8-11,14H,4-7,19H2,1H3. The molecule has 1 aliphatic rings. The van der Waals surface area contributed by atoms with Gasteiger partial charge >= 0.3 is 0 Å². The van der Waals surface area contributed by atoms with Gasteiger partial charge in [0.1, 0.15) is 5.15 Å². The molecule has 0 bridgehead atoms. The Kier molecular flexibility index (Phi) is 5.55. The number of fused-ring (bicyclic) bond motifs is 1. The number of pyridine rings is 2. The molecule has 1 saturated heterocycles. The van der Waals surface area contributed by atoms with Gasteiger partial charge in [0.2, 0.25) is 10.0 Å². The molecule has 3 heterocycles. The molecule has 1 fully saturated rings. The highest BCUT2D eigenvalue weighted by atomic mass is 35.5. The number of aromatic nitrogens is 2. The molecule has 0 unspecified atom stereocenters. The van der Waals surface area contributed by atoms with Crippen molar-refractivity contribution in [1.29, 1.82) is 0 Å². The van der Waals surface area contributed by atoms with Crippen molar-refractivity contribution in [3.05, 3.63) is 41.3 Å². The lowest BCUT2D eigenvalue weighted by molar-refractivity contribution is 0.323. The van der Waals surface area contributed by atoms with E-state index in [-0.39, 0.29) is 6.04 Å². The largest absolute Gasteiger partial charge is 0.404 e. The summed E-state index contributed by atoms with van der Waals surface area (Å²) in [5.41, 5.74) is 8.72. The minimum absolute atomic E-state index is 0.0731. The highest BCUT2D eigenvalue weighted by Gasteiger charge is 2.24. The molecule has 26 heavy (non-hydrogen) atoms. The molecule has 2 aromatic heterocycles. The maximum Gasteiger partial charge on any atom is 0.211 e. The number of allylic oxidation sites excluding steroid dienone is 1. The molecule has 0 aliphatic carbocycles. The summed E-state index contributed by atoms with van der Waals surface area (Å²) in [6.45, 7) is 0.977. The fourth-order valence-corrected chi connectivity index (χ4v) is 3.89. The Labute approximate surface area is 157 Å². The molecule has 0 saturated carbocycles. The molecule has 0 spiro atoms. The summed E-state index contributed by atoms with van der Waals surface area (Å²) in [6, 6.07) is 5.44. The minimum Gasteiger partial charge on any atom is -0.404 e. The predicted octanol–water partition coefficient (Wildman–Crippen LogP) is 2.08. The van der Waals surface area contributed by atoms with Gasteiger partial charge in [-0.15, -0.1) is 0 Å². The average molecular weight is 394 g/mol. The number of halogens is 1. The summed E-state index contributed by atoms with van der Waals surface area (Å²) in [5, 5.41) is 0.404. The summed E-state index contributed by atoms with van der Waals surface area (Å²) in [6.07, 6.45) is 7.52. The summed E-state index contributed by atoms with van der Waals surface area (Å²) in [5.74, 6) is 0. The van der Waals surface area contributed by atoms with Crippen molar-refractivity contribution in [2.75, 3.05) is 19.3 Å². The number of nitrogens with two attached hydrogens (primary N) is 1. The molecule has 138 valence electrons. The van der Waals surface area contributed by atoms with Crippen molar-refractivity contribution in [1.82, 2.24) is 14.3 Å². The third-order valence-electron chi connectivity index (χ3n) is 4.33. The predicted molar refractivity (Wildman–Crippen MR) is 105 cm³/mol. The quantitative estimate of drug-likeness (QED) is 0.632. The first-order chi connectivity index (χ1) is 12.4. The van der Waals surface area contributed by atoms with Crippen LogP contribution in [-0.4, -0.2) is 54.3 Å². The third-order valence-corrected chi connectivity index (χ3v) is 5.85. The van der Waals surface area contributed by atoms with Gasteiger partial charge in [0.15, 0.2) is 0 Å². The van der Waals surface area contributed by atoms with E-state index in [9.17, 15) is 8.42 Å². The normalized spacial score (nSPS) is 18.0. The van der Waals surface area contributed by atoms with Crippen molar-refractivity contribution in [2.45, 2.75) is 18.9 Å². The second-order valence-electron chi connectivity index (χ2n) is 6.19. The molecule has 3 rings (SSSR count). The van der Waals surface area contributed by atoms with Crippen LogP contribution in [0.2, 0.25) is 5.15 Å². The van der Waals surface area contributed by atoms with E-state index in [0.29, 0.717) is 36.6 Å². The van der Waals surface area contributed by atoms with E-state index in [1.807, 2.05) is 12.1 Å². The van der Waals surface area contributed by atoms with Crippen LogP contribution in [0.3, 0.4) is 0 Å². The molecule has 9 heteroatoms. The second kappa shape index (κ2) is 7.69. The van der Waals surface area contributed by atoms with Crippen LogP contribution in [0.15, 0.2) is 35.6 Å². The van der Waals surface area contributed by atoms with Gasteiger partial charge in [-0.05, 0) is 31.0 Å². The van der Waals surface area contributed by atoms with E-state index < -0.39 is 10.0 Å². The zero-order valence-corrected chi connectivity index (χ0v) is 15.9. The van der Waals surface area contributed by atoms with E-state index in [2.05, 4.69) is 15.0 Å². The maximum absolute atomic E-state index is 11.6. The summed E-state index contributed by atoms with van der Waals surface area (Å²) in [7, 11) is -3.13. The average Bonchev–Trinajstić information content (AvgIpc) is 2.61. The van der Waals surface area contributed by atoms with Crippen molar-refractivity contribution < 1.29 is 8.42 Å². The van der Waals surface area contributed by atoms with E-state index in [4.69, 9.17) is 17.3 Å². The lowest BCUT2D eigenvalue weighted by Crippen LogP contribution is -2.38. The molecule has 0 aromatic carbocycles. The monoisotopic (exact) mass is 393 g/mol. The fraction of sp³-hybridized carbons (Fsp3) is 0.353. The van der Waals surface area contributed by atoms with Gasteiger partial charge in [-0.1, -0.05) is 11.6 Å². The molecule has 0 atom stereocenters. The lowest BCUT2D eigenvalue weighted by atomic mass is 10.1. The first-order valence-electron chi connectivity index (χ1n) is 8.19. The van der Waals surface area contributed by atoms with Crippen LogP contribution in [0.4, 0.5) is 0 Å². The smallest absolute Gasteiger partial charge is 0.211 e. The van der Waals surface area contributed by atoms with E-state index in [1.165, 1.54) is 16.8 Å². The number of nitrogens with zero attached hydrogens (tertiary/aromatic N) is 4. The van der Waals surface area contributed by atoms with Gasteiger partial charge in [0, 0.05) is 42.8 Å². The number of hydrogen-bond acceptors (Lipinski definition) is 6. The molecular formula is C17H20ClN5O2S. The number of rotatable bonds is 4. The second-order valence-corrected chi connectivity index (χ2v) is 8.56. The van der Waals surface area contributed by atoms with Gasteiger partial charge in [0.05, 0.1) is 23.3 Å². The SMILES string of the molecule is CS(=O)(=O)N1CCC(N=CC(=CN)c2cnc3ccc(Cl)nc3c2)CC1. The van der Waals surface area contributed by atoms with Crippen molar-refractivity contribution in [3.63, 3.8) is 0 Å². The Bertz CT molecular complexity index is 966.